The predicted octanol–water partition coefficient (Wildman–Crippen LogP) is 3.28. The molecule has 1 saturated heterocycles. The second-order valence-electron chi connectivity index (χ2n) is 5.99. The van der Waals surface area contributed by atoms with Gasteiger partial charge in [0, 0.05) is 12.1 Å². The van der Waals surface area contributed by atoms with Crippen LogP contribution in [0, 0.1) is 5.92 Å². The zero-order valence-electron chi connectivity index (χ0n) is 12.3. The minimum atomic E-state index is 0.691. The molecule has 17 heavy (non-hydrogen) atoms. The van der Waals surface area contributed by atoms with Crippen LogP contribution in [0.15, 0.2) is 0 Å². The summed E-state index contributed by atoms with van der Waals surface area (Å²) in [6.45, 7) is 9.56. The van der Waals surface area contributed by atoms with Gasteiger partial charge in [0.05, 0.1) is 0 Å². The third-order valence-corrected chi connectivity index (χ3v) is 4.26. The fourth-order valence-corrected chi connectivity index (χ4v) is 2.90. The van der Waals surface area contributed by atoms with E-state index in [0.717, 1.165) is 5.92 Å². The number of hydrogen-bond donors (Lipinski definition) is 1. The zero-order chi connectivity index (χ0) is 12.7. The molecule has 0 aromatic heterocycles. The highest BCUT2D eigenvalue weighted by molar-refractivity contribution is 4.80. The molecule has 1 rings (SSSR count). The minimum Gasteiger partial charge on any atom is -0.312 e. The summed E-state index contributed by atoms with van der Waals surface area (Å²) in [6, 6.07) is 1.39. The SMILES string of the molecule is CCCCCC(C)NC(C)C1CCN(C)CC1. The molecule has 1 aliphatic heterocycles. The lowest BCUT2D eigenvalue weighted by Gasteiger charge is -2.34. The highest BCUT2D eigenvalue weighted by atomic mass is 15.1. The highest BCUT2D eigenvalue weighted by Crippen LogP contribution is 2.20. The molecular weight excluding hydrogens is 208 g/mol. The quantitative estimate of drug-likeness (QED) is 0.687. The first-order valence-corrected chi connectivity index (χ1v) is 7.58. The molecule has 102 valence electrons. The lowest BCUT2D eigenvalue weighted by molar-refractivity contribution is 0.184. The van der Waals surface area contributed by atoms with E-state index >= 15 is 0 Å². The summed E-state index contributed by atoms with van der Waals surface area (Å²) in [5, 5.41) is 3.80. The monoisotopic (exact) mass is 240 g/mol. The third-order valence-electron chi connectivity index (χ3n) is 4.26. The van der Waals surface area contributed by atoms with Crippen molar-refractivity contribution in [3.63, 3.8) is 0 Å². The Hall–Kier alpha value is -0.0800. The van der Waals surface area contributed by atoms with Crippen molar-refractivity contribution in [1.29, 1.82) is 0 Å². The van der Waals surface area contributed by atoms with Crippen LogP contribution in [0.5, 0.6) is 0 Å². The average molecular weight is 240 g/mol. The fourth-order valence-electron chi connectivity index (χ4n) is 2.90. The van der Waals surface area contributed by atoms with Gasteiger partial charge in [0.15, 0.2) is 0 Å². The van der Waals surface area contributed by atoms with Gasteiger partial charge >= 0.3 is 0 Å². The van der Waals surface area contributed by atoms with Crippen LogP contribution in [0.3, 0.4) is 0 Å². The van der Waals surface area contributed by atoms with E-state index in [0.29, 0.717) is 12.1 Å². The van der Waals surface area contributed by atoms with E-state index in [1.54, 1.807) is 0 Å². The second-order valence-corrected chi connectivity index (χ2v) is 5.99. The molecule has 0 spiro atoms. The molecule has 2 unspecified atom stereocenters. The van der Waals surface area contributed by atoms with Crippen LogP contribution in [0.2, 0.25) is 0 Å². The number of nitrogens with zero attached hydrogens (tertiary/aromatic N) is 1. The largest absolute Gasteiger partial charge is 0.312 e. The van der Waals surface area contributed by atoms with Gasteiger partial charge in [-0.1, -0.05) is 26.2 Å². The van der Waals surface area contributed by atoms with Crippen molar-refractivity contribution in [2.75, 3.05) is 20.1 Å². The van der Waals surface area contributed by atoms with Crippen molar-refractivity contribution in [2.24, 2.45) is 5.92 Å². The maximum Gasteiger partial charge on any atom is 0.00704 e. The first-order valence-electron chi connectivity index (χ1n) is 7.58. The molecule has 0 saturated carbocycles. The normalized spacial score (nSPS) is 22.6. The van der Waals surface area contributed by atoms with Gasteiger partial charge in [0.1, 0.15) is 0 Å². The molecule has 2 nitrogen and oxygen atoms in total. The maximum atomic E-state index is 3.80. The predicted molar refractivity (Wildman–Crippen MR) is 76.4 cm³/mol. The Morgan fingerprint density at radius 1 is 1.18 bits per heavy atom. The van der Waals surface area contributed by atoms with Gasteiger partial charge in [0.2, 0.25) is 0 Å². The van der Waals surface area contributed by atoms with Crippen LogP contribution in [0.25, 0.3) is 0 Å². The number of rotatable bonds is 7. The Labute approximate surface area is 108 Å². The minimum absolute atomic E-state index is 0.691. The Balaban J connectivity index is 2.16. The van der Waals surface area contributed by atoms with Crippen LogP contribution in [-0.2, 0) is 0 Å². The lowest BCUT2D eigenvalue weighted by atomic mass is 9.90. The molecule has 1 fully saturated rings. The van der Waals surface area contributed by atoms with Crippen molar-refractivity contribution >= 4 is 0 Å². The molecule has 2 heteroatoms. The topological polar surface area (TPSA) is 15.3 Å². The number of nitrogens with one attached hydrogen (secondary N) is 1. The number of likely N-dealkylation sites (tertiary alicyclic amines) is 1. The van der Waals surface area contributed by atoms with E-state index in [1.807, 2.05) is 0 Å². The van der Waals surface area contributed by atoms with Gasteiger partial charge in [-0.25, -0.2) is 0 Å². The molecule has 1 heterocycles. The van der Waals surface area contributed by atoms with Crippen LogP contribution in [0.1, 0.15) is 59.3 Å². The van der Waals surface area contributed by atoms with Crippen LogP contribution in [-0.4, -0.2) is 37.1 Å². The van der Waals surface area contributed by atoms with Gasteiger partial charge in [-0.05, 0) is 59.2 Å². The zero-order valence-corrected chi connectivity index (χ0v) is 12.3. The summed E-state index contributed by atoms with van der Waals surface area (Å²) >= 11 is 0. The number of unbranched alkanes of at least 4 members (excludes halogenated alkanes) is 2. The summed E-state index contributed by atoms with van der Waals surface area (Å²) in [5.74, 6) is 0.889. The van der Waals surface area contributed by atoms with Gasteiger partial charge in [-0.3, -0.25) is 0 Å². The molecule has 1 aliphatic rings. The first kappa shape index (κ1) is 15.0. The first-order chi connectivity index (χ1) is 8.13. The molecule has 0 aromatic rings. The summed E-state index contributed by atoms with van der Waals surface area (Å²) in [4.78, 5) is 2.45. The Kier molecular flexibility index (Phi) is 7.14. The molecule has 2 atom stereocenters. The Morgan fingerprint density at radius 2 is 1.82 bits per heavy atom. The summed E-state index contributed by atoms with van der Waals surface area (Å²) in [7, 11) is 2.24. The summed E-state index contributed by atoms with van der Waals surface area (Å²) in [5.41, 5.74) is 0. The highest BCUT2D eigenvalue weighted by Gasteiger charge is 2.22. The van der Waals surface area contributed by atoms with Crippen LogP contribution in [0.4, 0.5) is 0 Å². The molecule has 0 aromatic carbocycles. The van der Waals surface area contributed by atoms with E-state index in [1.165, 1.54) is 51.6 Å². The van der Waals surface area contributed by atoms with Crippen molar-refractivity contribution in [3.05, 3.63) is 0 Å². The molecule has 0 aliphatic carbocycles. The van der Waals surface area contributed by atoms with Gasteiger partial charge in [-0.2, -0.15) is 0 Å². The van der Waals surface area contributed by atoms with Crippen molar-refractivity contribution < 1.29 is 0 Å². The van der Waals surface area contributed by atoms with Gasteiger partial charge in [-0.15, -0.1) is 0 Å². The van der Waals surface area contributed by atoms with Gasteiger partial charge < -0.3 is 10.2 Å². The van der Waals surface area contributed by atoms with Gasteiger partial charge in [0.25, 0.3) is 0 Å². The molecule has 0 radical (unpaired) electrons. The number of hydrogen-bond acceptors (Lipinski definition) is 2. The van der Waals surface area contributed by atoms with Crippen molar-refractivity contribution in [2.45, 2.75) is 71.4 Å². The lowest BCUT2D eigenvalue weighted by Crippen LogP contribution is -2.43. The van der Waals surface area contributed by atoms with E-state index in [9.17, 15) is 0 Å². The molecule has 1 N–H and O–H groups in total. The average Bonchev–Trinajstić information content (AvgIpc) is 2.30. The van der Waals surface area contributed by atoms with E-state index < -0.39 is 0 Å². The van der Waals surface area contributed by atoms with Crippen molar-refractivity contribution in [1.82, 2.24) is 10.2 Å². The van der Waals surface area contributed by atoms with E-state index in [4.69, 9.17) is 0 Å². The Bertz CT molecular complexity index is 185. The smallest absolute Gasteiger partial charge is 0.00704 e. The van der Waals surface area contributed by atoms with E-state index in [2.05, 4.69) is 38.0 Å². The fraction of sp³-hybridized carbons (Fsp3) is 1.00. The van der Waals surface area contributed by atoms with Crippen LogP contribution < -0.4 is 5.32 Å². The molecular formula is C15H32N2. The van der Waals surface area contributed by atoms with Crippen molar-refractivity contribution in [3.8, 4) is 0 Å². The summed E-state index contributed by atoms with van der Waals surface area (Å²) < 4.78 is 0. The summed E-state index contributed by atoms with van der Waals surface area (Å²) in [6.07, 6.45) is 8.17. The second kappa shape index (κ2) is 8.10. The molecule has 0 bridgehead atoms. The van der Waals surface area contributed by atoms with E-state index in [-0.39, 0.29) is 0 Å². The third kappa shape index (κ3) is 5.87. The Morgan fingerprint density at radius 3 is 2.41 bits per heavy atom. The maximum absolute atomic E-state index is 3.80. The van der Waals surface area contributed by atoms with Crippen LogP contribution >= 0.6 is 0 Å². The molecule has 0 amide bonds. The standard InChI is InChI=1S/C15H32N2/c1-5-6-7-8-13(2)16-14(3)15-9-11-17(4)12-10-15/h13-16H,5-12H2,1-4H3. The number of piperidine rings is 1.